The summed E-state index contributed by atoms with van der Waals surface area (Å²) in [6.45, 7) is 2.66. The first-order valence-corrected chi connectivity index (χ1v) is 10.2. The molecule has 0 atom stereocenters. The fraction of sp³-hybridized carbons (Fsp3) is 0.474. The van der Waals surface area contributed by atoms with E-state index in [0.29, 0.717) is 37.1 Å². The summed E-state index contributed by atoms with van der Waals surface area (Å²) in [5, 5.41) is 2.92. The van der Waals surface area contributed by atoms with Crippen LogP contribution in [0.5, 0.6) is 0 Å². The molecule has 2 aliphatic rings. The maximum Gasteiger partial charge on any atom is 0.233 e. The van der Waals surface area contributed by atoms with Crippen LogP contribution in [-0.4, -0.2) is 47.8 Å². The number of nitrogens with zero attached hydrogens (tertiary/aromatic N) is 2. The van der Waals surface area contributed by atoms with Gasteiger partial charge in [-0.2, -0.15) is 0 Å². The lowest BCUT2D eigenvalue weighted by atomic mass is 9.90. The van der Waals surface area contributed by atoms with E-state index in [1.807, 2.05) is 17.0 Å². The predicted octanol–water partition coefficient (Wildman–Crippen LogP) is 3.72. The molecule has 0 N–H and O–H groups in total. The number of halogens is 1. The van der Waals surface area contributed by atoms with Crippen LogP contribution in [0.25, 0.3) is 10.9 Å². The third-order valence-electron chi connectivity index (χ3n) is 4.93. The third kappa shape index (κ3) is 3.64. The van der Waals surface area contributed by atoms with Gasteiger partial charge in [-0.3, -0.25) is 4.79 Å². The van der Waals surface area contributed by atoms with Crippen molar-refractivity contribution in [3.63, 3.8) is 0 Å². The molecule has 0 bridgehead atoms. The van der Waals surface area contributed by atoms with E-state index in [9.17, 15) is 4.79 Å². The van der Waals surface area contributed by atoms with Crippen LogP contribution in [0.15, 0.2) is 23.2 Å². The molecule has 25 heavy (non-hydrogen) atoms. The first kappa shape index (κ1) is 17.1. The molecule has 6 heteroatoms. The summed E-state index contributed by atoms with van der Waals surface area (Å²) in [6.07, 6.45) is 4.54. The van der Waals surface area contributed by atoms with Gasteiger partial charge >= 0.3 is 0 Å². The highest BCUT2D eigenvalue weighted by atomic mass is 35.5. The number of aryl methyl sites for hydroxylation is 1. The zero-order chi connectivity index (χ0) is 17.2. The number of aromatic nitrogens is 1. The number of benzene rings is 1. The van der Waals surface area contributed by atoms with E-state index in [0.717, 1.165) is 23.4 Å². The SMILES string of the molecule is O=C(CSc1nc2cc(Cl)ccc2c2c1CCCC2)N1CCOCC1. The summed E-state index contributed by atoms with van der Waals surface area (Å²) in [5.41, 5.74) is 3.67. The smallest absolute Gasteiger partial charge is 0.233 e. The molecule has 1 aliphatic carbocycles. The van der Waals surface area contributed by atoms with Crippen molar-refractivity contribution in [1.29, 1.82) is 0 Å². The van der Waals surface area contributed by atoms with E-state index in [-0.39, 0.29) is 5.91 Å². The van der Waals surface area contributed by atoms with Crippen LogP contribution in [0.3, 0.4) is 0 Å². The molecule has 1 amide bonds. The zero-order valence-electron chi connectivity index (χ0n) is 14.1. The second kappa shape index (κ2) is 7.52. The number of thioether (sulfide) groups is 1. The Morgan fingerprint density at radius 1 is 1.20 bits per heavy atom. The summed E-state index contributed by atoms with van der Waals surface area (Å²) in [7, 11) is 0. The Hall–Kier alpha value is -1.30. The largest absolute Gasteiger partial charge is 0.378 e. The topological polar surface area (TPSA) is 42.4 Å². The highest BCUT2D eigenvalue weighted by Crippen LogP contribution is 2.35. The van der Waals surface area contributed by atoms with Crippen LogP contribution in [-0.2, 0) is 22.4 Å². The van der Waals surface area contributed by atoms with Gasteiger partial charge in [0, 0.05) is 23.5 Å². The van der Waals surface area contributed by atoms with Gasteiger partial charge in [-0.25, -0.2) is 4.98 Å². The monoisotopic (exact) mass is 376 g/mol. The van der Waals surface area contributed by atoms with Crippen LogP contribution in [0.1, 0.15) is 24.0 Å². The van der Waals surface area contributed by atoms with Gasteiger partial charge in [0.1, 0.15) is 5.03 Å². The van der Waals surface area contributed by atoms with E-state index in [2.05, 4.69) is 6.07 Å². The number of morpholine rings is 1. The molecular formula is C19H21ClN2O2S. The second-order valence-electron chi connectivity index (χ2n) is 6.52. The lowest BCUT2D eigenvalue weighted by Crippen LogP contribution is -2.41. The first-order valence-electron chi connectivity index (χ1n) is 8.82. The van der Waals surface area contributed by atoms with Gasteiger partial charge in [0.05, 0.1) is 24.5 Å². The van der Waals surface area contributed by atoms with Crippen molar-refractivity contribution in [2.45, 2.75) is 30.7 Å². The summed E-state index contributed by atoms with van der Waals surface area (Å²) in [5.74, 6) is 0.608. The predicted molar refractivity (Wildman–Crippen MR) is 102 cm³/mol. The van der Waals surface area contributed by atoms with E-state index in [4.69, 9.17) is 21.3 Å². The van der Waals surface area contributed by atoms with Gasteiger partial charge in [0.15, 0.2) is 0 Å². The third-order valence-corrected chi connectivity index (χ3v) is 6.17. The Balaban J connectivity index is 1.61. The van der Waals surface area contributed by atoms with Crippen molar-refractivity contribution >= 4 is 40.2 Å². The van der Waals surface area contributed by atoms with Gasteiger partial charge in [0.25, 0.3) is 0 Å². The molecule has 0 radical (unpaired) electrons. The summed E-state index contributed by atoms with van der Waals surface area (Å²) in [4.78, 5) is 19.2. The Kier molecular flexibility index (Phi) is 5.15. The van der Waals surface area contributed by atoms with Gasteiger partial charge < -0.3 is 9.64 Å². The fourth-order valence-corrected chi connectivity index (χ4v) is 4.79. The molecule has 4 nitrogen and oxygen atoms in total. The molecule has 2 aromatic rings. The second-order valence-corrected chi connectivity index (χ2v) is 7.92. The first-order chi connectivity index (χ1) is 12.2. The number of amides is 1. The zero-order valence-corrected chi connectivity index (χ0v) is 15.7. The Morgan fingerprint density at radius 3 is 2.76 bits per heavy atom. The van der Waals surface area contributed by atoms with Crippen LogP contribution in [0, 0.1) is 0 Å². The van der Waals surface area contributed by atoms with Crippen LogP contribution >= 0.6 is 23.4 Å². The minimum absolute atomic E-state index is 0.172. The van der Waals surface area contributed by atoms with Crippen LogP contribution in [0.2, 0.25) is 5.02 Å². The summed E-state index contributed by atoms with van der Waals surface area (Å²) >= 11 is 7.74. The summed E-state index contributed by atoms with van der Waals surface area (Å²) in [6, 6.07) is 5.96. The molecular weight excluding hydrogens is 356 g/mol. The highest BCUT2D eigenvalue weighted by Gasteiger charge is 2.21. The average Bonchev–Trinajstić information content (AvgIpc) is 2.66. The van der Waals surface area contributed by atoms with Gasteiger partial charge in [-0.1, -0.05) is 29.4 Å². The Bertz CT molecular complexity index is 806. The Morgan fingerprint density at radius 2 is 1.96 bits per heavy atom. The molecule has 1 aromatic carbocycles. The number of hydrogen-bond acceptors (Lipinski definition) is 4. The van der Waals surface area contributed by atoms with E-state index in [1.165, 1.54) is 29.4 Å². The van der Waals surface area contributed by atoms with Crippen molar-refractivity contribution in [2.75, 3.05) is 32.1 Å². The van der Waals surface area contributed by atoms with Crippen molar-refractivity contribution in [3.05, 3.63) is 34.3 Å². The number of fused-ring (bicyclic) bond motifs is 3. The van der Waals surface area contributed by atoms with Crippen molar-refractivity contribution < 1.29 is 9.53 Å². The van der Waals surface area contributed by atoms with Crippen LogP contribution < -0.4 is 0 Å². The number of carbonyl (C=O) groups is 1. The molecule has 1 aromatic heterocycles. The van der Waals surface area contributed by atoms with Gasteiger partial charge in [-0.15, -0.1) is 0 Å². The van der Waals surface area contributed by atoms with E-state index >= 15 is 0 Å². The lowest BCUT2D eigenvalue weighted by molar-refractivity contribution is -0.132. The number of rotatable bonds is 3. The number of hydrogen-bond donors (Lipinski definition) is 0. The normalized spacial score (nSPS) is 17.6. The van der Waals surface area contributed by atoms with E-state index in [1.54, 1.807) is 11.8 Å². The number of pyridine rings is 1. The van der Waals surface area contributed by atoms with Crippen molar-refractivity contribution in [3.8, 4) is 0 Å². The quantitative estimate of drug-likeness (QED) is 0.766. The Labute approximate surface area is 156 Å². The maximum absolute atomic E-state index is 12.5. The maximum atomic E-state index is 12.5. The fourth-order valence-electron chi connectivity index (χ4n) is 3.62. The molecule has 1 aliphatic heterocycles. The van der Waals surface area contributed by atoms with Crippen molar-refractivity contribution in [1.82, 2.24) is 9.88 Å². The molecule has 2 heterocycles. The number of carbonyl (C=O) groups excluding carboxylic acids is 1. The molecule has 4 rings (SSSR count). The molecule has 132 valence electrons. The summed E-state index contributed by atoms with van der Waals surface area (Å²) < 4.78 is 5.32. The molecule has 0 unspecified atom stereocenters. The van der Waals surface area contributed by atoms with Gasteiger partial charge in [-0.05, 0) is 48.9 Å². The molecule has 1 fully saturated rings. The standard InChI is InChI=1S/C19H21ClN2O2S/c20-13-5-6-15-14-3-1-2-4-16(14)19(21-17(15)11-13)25-12-18(23)22-7-9-24-10-8-22/h5-6,11H,1-4,7-10,12H2. The van der Waals surface area contributed by atoms with Crippen molar-refractivity contribution in [2.24, 2.45) is 0 Å². The van der Waals surface area contributed by atoms with Gasteiger partial charge in [0.2, 0.25) is 5.91 Å². The van der Waals surface area contributed by atoms with Crippen LogP contribution in [0.4, 0.5) is 0 Å². The minimum atomic E-state index is 0.172. The average molecular weight is 377 g/mol. The minimum Gasteiger partial charge on any atom is -0.378 e. The highest BCUT2D eigenvalue weighted by molar-refractivity contribution is 7.99. The molecule has 1 saturated heterocycles. The molecule has 0 saturated carbocycles. The lowest BCUT2D eigenvalue weighted by Gasteiger charge is -2.27. The number of ether oxygens (including phenoxy) is 1. The van der Waals surface area contributed by atoms with E-state index < -0.39 is 0 Å². The molecule has 0 spiro atoms.